The number of carbonyl (C=O) groups is 1. The molecule has 0 radical (unpaired) electrons. The molecule has 2 atom stereocenters. The highest BCUT2D eigenvalue weighted by Crippen LogP contribution is 2.32. The summed E-state index contributed by atoms with van der Waals surface area (Å²) in [6, 6.07) is 6.97. The van der Waals surface area contributed by atoms with Crippen molar-refractivity contribution in [2.24, 2.45) is 5.92 Å². The molecule has 20 heavy (non-hydrogen) atoms. The summed E-state index contributed by atoms with van der Waals surface area (Å²) < 4.78 is 0. The van der Waals surface area contributed by atoms with Gasteiger partial charge in [0.2, 0.25) is 5.91 Å². The van der Waals surface area contributed by atoms with Crippen LogP contribution in [-0.2, 0) is 11.2 Å². The van der Waals surface area contributed by atoms with Crippen molar-refractivity contribution in [3.05, 3.63) is 29.3 Å². The zero-order chi connectivity index (χ0) is 14.7. The first-order chi connectivity index (χ1) is 9.58. The average Bonchev–Trinajstić information content (AvgIpc) is 2.47. The normalized spacial score (nSPS) is 17.8. The number of benzene rings is 1. The fourth-order valence-electron chi connectivity index (χ4n) is 2.97. The molecule has 1 aromatic carbocycles. The van der Waals surface area contributed by atoms with E-state index < -0.39 is 0 Å². The van der Waals surface area contributed by atoms with Gasteiger partial charge >= 0.3 is 0 Å². The van der Waals surface area contributed by atoms with Crippen molar-refractivity contribution in [1.29, 1.82) is 0 Å². The van der Waals surface area contributed by atoms with Crippen LogP contribution in [-0.4, -0.2) is 19.5 Å². The summed E-state index contributed by atoms with van der Waals surface area (Å²) in [5, 5.41) is 3.60. The summed E-state index contributed by atoms with van der Waals surface area (Å²) in [5.41, 5.74) is 3.72. The lowest BCUT2D eigenvalue weighted by atomic mass is 9.89. The van der Waals surface area contributed by atoms with Gasteiger partial charge in [0.25, 0.3) is 0 Å². The third-order valence-corrected chi connectivity index (χ3v) is 4.44. The fourth-order valence-corrected chi connectivity index (χ4v) is 2.97. The third-order valence-electron chi connectivity index (χ3n) is 4.44. The highest BCUT2D eigenvalue weighted by atomic mass is 16.2. The maximum Gasteiger partial charge on any atom is 0.227 e. The summed E-state index contributed by atoms with van der Waals surface area (Å²) >= 11 is 0. The number of amides is 1. The number of carbonyl (C=O) groups excluding carboxylic acids is 1. The molecule has 0 saturated heterocycles. The van der Waals surface area contributed by atoms with Crippen LogP contribution in [0.2, 0.25) is 0 Å². The van der Waals surface area contributed by atoms with Crippen LogP contribution in [0.4, 0.5) is 5.69 Å². The van der Waals surface area contributed by atoms with Gasteiger partial charge in [0.15, 0.2) is 0 Å². The van der Waals surface area contributed by atoms with Gasteiger partial charge in [-0.2, -0.15) is 0 Å². The van der Waals surface area contributed by atoms with E-state index in [-0.39, 0.29) is 5.91 Å². The van der Waals surface area contributed by atoms with E-state index in [1.807, 2.05) is 7.05 Å². The Labute approximate surface area is 122 Å². The molecule has 2 unspecified atom stereocenters. The molecule has 110 valence electrons. The van der Waals surface area contributed by atoms with Crippen LogP contribution in [0.25, 0.3) is 0 Å². The molecule has 0 saturated carbocycles. The van der Waals surface area contributed by atoms with Crippen molar-refractivity contribution in [2.45, 2.75) is 46.1 Å². The smallest absolute Gasteiger partial charge is 0.227 e. The largest absolute Gasteiger partial charge is 0.315 e. The maximum absolute atomic E-state index is 11.7. The second-order valence-electron chi connectivity index (χ2n) is 5.76. The summed E-state index contributed by atoms with van der Waals surface area (Å²) in [5.74, 6) is 0.825. The van der Waals surface area contributed by atoms with E-state index >= 15 is 0 Å². The molecule has 0 aromatic heterocycles. The van der Waals surface area contributed by atoms with Gasteiger partial charge in [0, 0.05) is 25.2 Å². The van der Waals surface area contributed by atoms with Gasteiger partial charge in [-0.15, -0.1) is 0 Å². The van der Waals surface area contributed by atoms with Gasteiger partial charge < -0.3 is 10.2 Å². The molecule has 1 N–H and O–H groups in total. The Morgan fingerprint density at radius 3 is 2.70 bits per heavy atom. The standard InChI is InChI=1S/C17H26N2O/c1-5-12(3)17(18-6-2)14-7-9-15-13(11-14)8-10-16(20)19(15)4/h7,9,11-12,17-18H,5-6,8,10H2,1-4H3. The number of aryl methyl sites for hydroxylation is 1. The zero-order valence-corrected chi connectivity index (χ0v) is 13.1. The molecular weight excluding hydrogens is 248 g/mol. The van der Waals surface area contributed by atoms with Crippen LogP contribution >= 0.6 is 0 Å². The highest BCUT2D eigenvalue weighted by Gasteiger charge is 2.23. The Hall–Kier alpha value is -1.35. The molecule has 2 rings (SSSR count). The van der Waals surface area contributed by atoms with Crippen molar-refractivity contribution in [1.82, 2.24) is 5.32 Å². The van der Waals surface area contributed by atoms with Crippen molar-refractivity contribution in [3.63, 3.8) is 0 Å². The SMILES string of the molecule is CCNC(c1ccc2c(c1)CCC(=O)N2C)C(C)CC. The Kier molecular flexibility index (Phi) is 4.81. The lowest BCUT2D eigenvalue weighted by Crippen LogP contribution is -2.32. The molecule has 1 amide bonds. The van der Waals surface area contributed by atoms with Crippen LogP contribution in [0.15, 0.2) is 18.2 Å². The van der Waals surface area contributed by atoms with Crippen LogP contribution in [0, 0.1) is 5.92 Å². The predicted molar refractivity (Wildman–Crippen MR) is 84.0 cm³/mol. The Balaban J connectivity index is 2.32. The molecule has 0 spiro atoms. The van der Waals surface area contributed by atoms with E-state index in [9.17, 15) is 4.79 Å². The second-order valence-corrected chi connectivity index (χ2v) is 5.76. The minimum atomic E-state index is 0.218. The van der Waals surface area contributed by atoms with Gasteiger partial charge in [0.05, 0.1) is 0 Å². The quantitative estimate of drug-likeness (QED) is 0.893. The van der Waals surface area contributed by atoms with E-state index in [4.69, 9.17) is 0 Å². The first-order valence-corrected chi connectivity index (χ1v) is 7.71. The summed E-state index contributed by atoms with van der Waals surface area (Å²) in [6.45, 7) is 7.66. The number of anilines is 1. The van der Waals surface area contributed by atoms with Crippen LogP contribution < -0.4 is 10.2 Å². The van der Waals surface area contributed by atoms with Gasteiger partial charge in [0.1, 0.15) is 0 Å². The molecule has 0 fully saturated rings. The molecule has 1 aromatic rings. The molecule has 3 heteroatoms. The Morgan fingerprint density at radius 1 is 1.30 bits per heavy atom. The van der Waals surface area contributed by atoms with E-state index in [2.05, 4.69) is 44.3 Å². The Morgan fingerprint density at radius 2 is 2.05 bits per heavy atom. The molecule has 0 bridgehead atoms. The van der Waals surface area contributed by atoms with E-state index in [0.717, 1.165) is 25.1 Å². The van der Waals surface area contributed by atoms with Crippen molar-refractivity contribution in [3.8, 4) is 0 Å². The van der Waals surface area contributed by atoms with E-state index in [1.54, 1.807) is 4.90 Å². The van der Waals surface area contributed by atoms with Gasteiger partial charge in [-0.25, -0.2) is 0 Å². The topological polar surface area (TPSA) is 32.3 Å². The molecule has 0 aliphatic carbocycles. The van der Waals surface area contributed by atoms with E-state index in [0.29, 0.717) is 18.4 Å². The van der Waals surface area contributed by atoms with Crippen LogP contribution in [0.3, 0.4) is 0 Å². The highest BCUT2D eigenvalue weighted by molar-refractivity contribution is 5.95. The summed E-state index contributed by atoms with van der Waals surface area (Å²) in [6.07, 6.45) is 2.65. The summed E-state index contributed by atoms with van der Waals surface area (Å²) in [4.78, 5) is 13.5. The van der Waals surface area contributed by atoms with Crippen molar-refractivity contribution >= 4 is 11.6 Å². The minimum Gasteiger partial charge on any atom is -0.315 e. The van der Waals surface area contributed by atoms with Gasteiger partial charge in [-0.1, -0.05) is 39.3 Å². The molecule has 1 heterocycles. The summed E-state index contributed by atoms with van der Waals surface area (Å²) in [7, 11) is 1.87. The minimum absolute atomic E-state index is 0.218. The maximum atomic E-state index is 11.7. The van der Waals surface area contributed by atoms with E-state index in [1.165, 1.54) is 11.1 Å². The number of nitrogens with one attached hydrogen (secondary N) is 1. The van der Waals surface area contributed by atoms with Crippen molar-refractivity contribution in [2.75, 3.05) is 18.5 Å². The molecule has 3 nitrogen and oxygen atoms in total. The average molecular weight is 274 g/mol. The predicted octanol–water partition coefficient (Wildman–Crippen LogP) is 3.29. The monoisotopic (exact) mass is 274 g/mol. The lowest BCUT2D eigenvalue weighted by Gasteiger charge is -2.29. The second kappa shape index (κ2) is 6.40. The number of rotatable bonds is 5. The molecule has 1 aliphatic heterocycles. The first kappa shape index (κ1) is 15.0. The fraction of sp³-hybridized carbons (Fsp3) is 0.588. The molecule has 1 aliphatic rings. The zero-order valence-electron chi connectivity index (χ0n) is 13.1. The number of nitrogens with zero attached hydrogens (tertiary/aromatic N) is 1. The first-order valence-electron chi connectivity index (χ1n) is 7.71. The van der Waals surface area contributed by atoms with Gasteiger partial charge in [-0.3, -0.25) is 4.79 Å². The van der Waals surface area contributed by atoms with Crippen molar-refractivity contribution < 1.29 is 4.79 Å². The van der Waals surface area contributed by atoms with Gasteiger partial charge in [-0.05, 0) is 36.1 Å². The number of hydrogen-bond donors (Lipinski definition) is 1. The Bertz CT molecular complexity index is 484. The number of fused-ring (bicyclic) bond motifs is 1. The van der Waals surface area contributed by atoms with Crippen LogP contribution in [0.1, 0.15) is 50.8 Å². The lowest BCUT2D eigenvalue weighted by molar-refractivity contribution is -0.118. The molecular formula is C17H26N2O. The third kappa shape index (κ3) is 2.88. The number of hydrogen-bond acceptors (Lipinski definition) is 2. The van der Waals surface area contributed by atoms with Crippen LogP contribution in [0.5, 0.6) is 0 Å².